The molecular formula is C28H21N3OS2. The van der Waals surface area contributed by atoms with Gasteiger partial charge in [0.1, 0.15) is 0 Å². The van der Waals surface area contributed by atoms with Crippen LogP contribution in [0.1, 0.15) is 34.0 Å². The zero-order chi connectivity index (χ0) is 22.8. The number of nitrogens with zero attached hydrogens (tertiary/aromatic N) is 3. The van der Waals surface area contributed by atoms with Gasteiger partial charge in [0.2, 0.25) is 0 Å². The van der Waals surface area contributed by atoms with Gasteiger partial charge in [-0.2, -0.15) is 0 Å². The van der Waals surface area contributed by atoms with Crippen LogP contribution < -0.4 is 14.9 Å². The first-order valence-corrected chi connectivity index (χ1v) is 13.1. The van der Waals surface area contributed by atoms with Crippen molar-refractivity contribution >= 4 is 45.3 Å². The summed E-state index contributed by atoms with van der Waals surface area (Å²) in [5.41, 5.74) is 7.11. The van der Waals surface area contributed by atoms with Crippen molar-refractivity contribution < 1.29 is 0 Å². The standard InChI is InChI=1S/C28H21N3OS2/c1-30-16-18(19-8-4-5-10-22(19)30)15-24-27(32)31-26(23-11-6-14-33-23)21-13-12-17-7-2-3-9-20(17)25(21)29-28(31)34-24/h2-11,14-16,26H,12-13H2,1H3/b24-15-/t26-/m1/s1. The van der Waals surface area contributed by atoms with Gasteiger partial charge in [0.25, 0.3) is 5.56 Å². The second-order valence-electron chi connectivity index (χ2n) is 8.84. The SMILES string of the molecule is Cn1cc(/C=c2\sc3n(c2=O)[C@@H](c2cccs2)C2=C(N=3)c3ccccc3CC2)c2ccccc21. The summed E-state index contributed by atoms with van der Waals surface area (Å²) >= 11 is 3.21. The van der Waals surface area contributed by atoms with Gasteiger partial charge in [-0.3, -0.25) is 9.36 Å². The van der Waals surface area contributed by atoms with Crippen LogP contribution >= 0.6 is 22.7 Å². The number of thiazole rings is 1. The summed E-state index contributed by atoms with van der Waals surface area (Å²) in [4.78, 5) is 20.9. The van der Waals surface area contributed by atoms with Gasteiger partial charge in [-0.1, -0.05) is 59.9 Å². The quantitative estimate of drug-likeness (QED) is 0.356. The molecule has 0 amide bonds. The van der Waals surface area contributed by atoms with E-state index in [4.69, 9.17) is 4.99 Å². The van der Waals surface area contributed by atoms with Crippen molar-refractivity contribution in [1.29, 1.82) is 0 Å². The average molecular weight is 480 g/mol. The topological polar surface area (TPSA) is 39.3 Å². The molecule has 5 aromatic rings. The molecule has 34 heavy (non-hydrogen) atoms. The van der Waals surface area contributed by atoms with Crippen LogP contribution in [0.5, 0.6) is 0 Å². The largest absolute Gasteiger partial charge is 0.350 e. The van der Waals surface area contributed by atoms with E-state index in [9.17, 15) is 4.79 Å². The monoisotopic (exact) mass is 479 g/mol. The van der Waals surface area contributed by atoms with Gasteiger partial charge in [0.05, 0.1) is 16.3 Å². The summed E-state index contributed by atoms with van der Waals surface area (Å²) in [5.74, 6) is 0. The first-order valence-electron chi connectivity index (χ1n) is 11.4. The van der Waals surface area contributed by atoms with Crippen molar-refractivity contribution in [3.05, 3.63) is 119 Å². The molecule has 2 aromatic carbocycles. The smallest absolute Gasteiger partial charge is 0.271 e. The number of hydrogen-bond acceptors (Lipinski definition) is 4. The molecule has 0 spiro atoms. The molecule has 3 aromatic heterocycles. The summed E-state index contributed by atoms with van der Waals surface area (Å²) in [6, 6.07) is 21.0. The van der Waals surface area contributed by atoms with Crippen LogP contribution in [-0.4, -0.2) is 9.13 Å². The third kappa shape index (κ3) is 2.89. The highest BCUT2D eigenvalue weighted by atomic mass is 32.1. The summed E-state index contributed by atoms with van der Waals surface area (Å²) in [5, 5.41) is 3.25. The summed E-state index contributed by atoms with van der Waals surface area (Å²) < 4.78 is 4.77. The Bertz CT molecular complexity index is 1800. The molecule has 166 valence electrons. The molecule has 1 aliphatic heterocycles. The van der Waals surface area contributed by atoms with E-state index in [0.717, 1.165) is 44.3 Å². The van der Waals surface area contributed by atoms with E-state index in [0.29, 0.717) is 0 Å². The Morgan fingerprint density at radius 3 is 2.76 bits per heavy atom. The fourth-order valence-corrected chi connectivity index (χ4v) is 7.19. The Balaban J connectivity index is 1.50. The van der Waals surface area contributed by atoms with Gasteiger partial charge in [-0.25, -0.2) is 4.99 Å². The highest BCUT2D eigenvalue weighted by molar-refractivity contribution is 7.10. The number of hydrogen-bond donors (Lipinski definition) is 0. The number of fused-ring (bicyclic) bond motifs is 4. The van der Waals surface area contributed by atoms with Crippen LogP contribution in [0.4, 0.5) is 0 Å². The van der Waals surface area contributed by atoms with Crippen LogP contribution in [0.15, 0.2) is 87.6 Å². The summed E-state index contributed by atoms with van der Waals surface area (Å²) in [7, 11) is 2.05. The van der Waals surface area contributed by atoms with E-state index in [1.807, 2.05) is 29.8 Å². The highest BCUT2D eigenvalue weighted by Gasteiger charge is 2.33. The molecule has 0 saturated carbocycles. The molecule has 7 rings (SSSR count). The van der Waals surface area contributed by atoms with Crippen LogP contribution in [0.3, 0.4) is 0 Å². The van der Waals surface area contributed by atoms with Crippen molar-refractivity contribution in [3.8, 4) is 0 Å². The molecule has 1 atom stereocenters. The van der Waals surface area contributed by atoms with E-state index >= 15 is 0 Å². The predicted octanol–water partition coefficient (Wildman–Crippen LogP) is 4.87. The second kappa shape index (κ2) is 7.52. The van der Waals surface area contributed by atoms with Crippen LogP contribution in [-0.2, 0) is 13.5 Å². The Kier molecular flexibility index (Phi) is 4.41. The number of rotatable bonds is 2. The molecule has 4 nitrogen and oxygen atoms in total. The van der Waals surface area contributed by atoms with Gasteiger partial charge in [0.15, 0.2) is 4.80 Å². The molecule has 0 fully saturated rings. The van der Waals surface area contributed by atoms with Gasteiger partial charge >= 0.3 is 0 Å². The number of allylic oxidation sites excluding steroid dienone is 1. The number of aryl methyl sites for hydroxylation is 2. The lowest BCUT2D eigenvalue weighted by Crippen LogP contribution is -2.38. The van der Waals surface area contributed by atoms with Gasteiger partial charge < -0.3 is 4.57 Å². The normalized spacial score (nSPS) is 17.4. The third-order valence-electron chi connectivity index (χ3n) is 6.90. The fourth-order valence-electron chi connectivity index (χ4n) is 5.35. The van der Waals surface area contributed by atoms with Gasteiger partial charge in [0, 0.05) is 40.2 Å². The van der Waals surface area contributed by atoms with Crippen molar-refractivity contribution in [1.82, 2.24) is 9.13 Å². The Morgan fingerprint density at radius 2 is 1.88 bits per heavy atom. The zero-order valence-electron chi connectivity index (χ0n) is 18.6. The number of thiophene rings is 1. The van der Waals surface area contributed by atoms with E-state index < -0.39 is 0 Å². The maximum atomic E-state index is 13.8. The third-order valence-corrected chi connectivity index (χ3v) is 8.81. The first-order chi connectivity index (χ1) is 16.7. The molecule has 1 aliphatic carbocycles. The molecule has 2 aliphatic rings. The Labute approximate surface area is 204 Å². The molecule has 0 bridgehead atoms. The molecule has 0 radical (unpaired) electrons. The molecule has 4 heterocycles. The predicted molar refractivity (Wildman–Crippen MR) is 140 cm³/mol. The van der Waals surface area contributed by atoms with Crippen LogP contribution in [0.25, 0.3) is 22.7 Å². The number of aromatic nitrogens is 2. The molecule has 0 saturated heterocycles. The van der Waals surface area contributed by atoms with Crippen molar-refractivity contribution in [2.24, 2.45) is 12.0 Å². The minimum atomic E-state index is -0.0886. The van der Waals surface area contributed by atoms with Crippen molar-refractivity contribution in [2.45, 2.75) is 18.9 Å². The first kappa shape index (κ1) is 19.9. The lowest BCUT2D eigenvalue weighted by atomic mass is 9.85. The minimum absolute atomic E-state index is 0.0421. The Hall–Kier alpha value is -3.48. The van der Waals surface area contributed by atoms with E-state index in [-0.39, 0.29) is 11.6 Å². The van der Waals surface area contributed by atoms with Gasteiger partial charge in [-0.15, -0.1) is 11.3 Å². The van der Waals surface area contributed by atoms with Crippen LogP contribution in [0, 0.1) is 0 Å². The average Bonchev–Trinajstić information content (AvgIpc) is 3.58. The molecule has 0 unspecified atom stereocenters. The van der Waals surface area contributed by atoms with Crippen molar-refractivity contribution in [2.75, 3.05) is 0 Å². The van der Waals surface area contributed by atoms with E-state index in [2.05, 4.69) is 64.7 Å². The maximum Gasteiger partial charge on any atom is 0.271 e. The summed E-state index contributed by atoms with van der Waals surface area (Å²) in [6.07, 6.45) is 6.04. The van der Waals surface area contributed by atoms with E-state index in [1.54, 1.807) is 11.3 Å². The van der Waals surface area contributed by atoms with Crippen molar-refractivity contribution in [3.63, 3.8) is 0 Å². The maximum absolute atomic E-state index is 13.8. The van der Waals surface area contributed by atoms with Crippen LogP contribution in [0.2, 0.25) is 0 Å². The minimum Gasteiger partial charge on any atom is -0.350 e. The zero-order valence-corrected chi connectivity index (χ0v) is 20.2. The van der Waals surface area contributed by atoms with Gasteiger partial charge in [-0.05, 0) is 47.6 Å². The number of benzene rings is 2. The number of para-hydroxylation sites is 1. The lowest BCUT2D eigenvalue weighted by Gasteiger charge is -2.30. The highest BCUT2D eigenvalue weighted by Crippen LogP contribution is 2.42. The summed E-state index contributed by atoms with van der Waals surface area (Å²) in [6.45, 7) is 0. The molecular weight excluding hydrogens is 458 g/mol. The molecule has 0 N–H and O–H groups in total. The fraction of sp³-hybridized carbons (Fsp3) is 0.143. The Morgan fingerprint density at radius 1 is 1.03 bits per heavy atom. The lowest BCUT2D eigenvalue weighted by molar-refractivity contribution is 0.593. The van der Waals surface area contributed by atoms with E-state index in [1.165, 1.54) is 32.9 Å². The second-order valence-corrected chi connectivity index (χ2v) is 10.8. The molecule has 6 heteroatoms.